The molecule has 15 heavy (non-hydrogen) atoms. The zero-order valence-electron chi connectivity index (χ0n) is 9.07. The lowest BCUT2D eigenvalue weighted by Gasteiger charge is -2.34. The Bertz CT molecular complexity index is 323. The van der Waals surface area contributed by atoms with Crippen LogP contribution < -0.4 is 16.0 Å². The standard InChI is InChI=1S/C12H18N2O/c1-15-11-8-3-2-7-10(11)12(14-13)9-5-4-6-9/h2-3,7-9,12,14H,4-6,13H2,1H3. The smallest absolute Gasteiger partial charge is 0.123 e. The number of nitrogens with one attached hydrogen (secondary N) is 1. The second kappa shape index (κ2) is 4.64. The van der Waals surface area contributed by atoms with Crippen molar-refractivity contribution in [3.05, 3.63) is 29.8 Å². The number of hydrazine groups is 1. The maximum atomic E-state index is 5.63. The van der Waals surface area contributed by atoms with Crippen molar-refractivity contribution >= 4 is 0 Å². The number of nitrogens with two attached hydrogens (primary N) is 1. The van der Waals surface area contributed by atoms with Gasteiger partial charge in [0.15, 0.2) is 0 Å². The van der Waals surface area contributed by atoms with Crippen molar-refractivity contribution in [2.75, 3.05) is 7.11 Å². The van der Waals surface area contributed by atoms with E-state index in [2.05, 4.69) is 11.5 Å². The number of methoxy groups -OCH3 is 1. The van der Waals surface area contributed by atoms with Gasteiger partial charge < -0.3 is 4.74 Å². The highest BCUT2D eigenvalue weighted by atomic mass is 16.5. The Morgan fingerprint density at radius 1 is 1.40 bits per heavy atom. The van der Waals surface area contributed by atoms with Gasteiger partial charge in [0, 0.05) is 5.56 Å². The summed E-state index contributed by atoms with van der Waals surface area (Å²) in [6, 6.07) is 8.31. The monoisotopic (exact) mass is 206 g/mol. The first kappa shape index (κ1) is 10.5. The molecule has 3 N–H and O–H groups in total. The van der Waals surface area contributed by atoms with Crippen LogP contribution in [0.25, 0.3) is 0 Å². The molecule has 1 aliphatic rings. The van der Waals surface area contributed by atoms with Crippen molar-refractivity contribution in [1.29, 1.82) is 0 Å². The van der Waals surface area contributed by atoms with Gasteiger partial charge in [-0.1, -0.05) is 24.6 Å². The van der Waals surface area contributed by atoms with Crippen LogP contribution in [0.1, 0.15) is 30.9 Å². The lowest BCUT2D eigenvalue weighted by atomic mass is 9.77. The van der Waals surface area contributed by atoms with Crippen LogP contribution in [0.3, 0.4) is 0 Å². The summed E-state index contributed by atoms with van der Waals surface area (Å²) in [5.74, 6) is 7.22. The van der Waals surface area contributed by atoms with Crippen molar-refractivity contribution in [3.8, 4) is 5.75 Å². The third-order valence-electron chi connectivity index (χ3n) is 3.27. The van der Waals surface area contributed by atoms with Gasteiger partial charge in [0.25, 0.3) is 0 Å². The Hall–Kier alpha value is -1.06. The maximum absolute atomic E-state index is 5.63. The van der Waals surface area contributed by atoms with Crippen LogP contribution in [0.2, 0.25) is 0 Å². The van der Waals surface area contributed by atoms with E-state index in [9.17, 15) is 0 Å². The van der Waals surface area contributed by atoms with Gasteiger partial charge >= 0.3 is 0 Å². The summed E-state index contributed by atoms with van der Waals surface area (Å²) < 4.78 is 5.35. The molecule has 3 heteroatoms. The molecule has 0 heterocycles. The van der Waals surface area contributed by atoms with E-state index in [0.717, 1.165) is 5.75 Å². The molecule has 0 saturated heterocycles. The molecule has 3 nitrogen and oxygen atoms in total. The molecule has 1 aromatic carbocycles. The molecule has 2 rings (SSSR count). The first-order chi connectivity index (χ1) is 7.36. The highest BCUT2D eigenvalue weighted by Gasteiger charge is 2.29. The first-order valence-corrected chi connectivity index (χ1v) is 5.46. The minimum absolute atomic E-state index is 0.231. The summed E-state index contributed by atoms with van der Waals surface area (Å²) in [7, 11) is 1.70. The molecular weight excluding hydrogens is 188 g/mol. The van der Waals surface area contributed by atoms with Gasteiger partial charge in [0.1, 0.15) is 5.75 Å². The fraction of sp³-hybridized carbons (Fsp3) is 0.500. The average molecular weight is 206 g/mol. The van der Waals surface area contributed by atoms with E-state index < -0.39 is 0 Å². The topological polar surface area (TPSA) is 47.3 Å². The van der Waals surface area contributed by atoms with Gasteiger partial charge in [-0.15, -0.1) is 0 Å². The quantitative estimate of drug-likeness (QED) is 0.585. The molecule has 1 saturated carbocycles. The number of para-hydroxylation sites is 1. The summed E-state index contributed by atoms with van der Waals surface area (Å²) in [5.41, 5.74) is 4.09. The lowest BCUT2D eigenvalue weighted by Crippen LogP contribution is -2.36. The SMILES string of the molecule is COc1ccccc1C(NN)C1CCC1. The molecule has 0 amide bonds. The molecular formula is C12H18N2O. The molecule has 0 radical (unpaired) electrons. The van der Waals surface area contributed by atoms with Gasteiger partial charge in [0.05, 0.1) is 13.2 Å². The van der Waals surface area contributed by atoms with E-state index in [4.69, 9.17) is 10.6 Å². The minimum Gasteiger partial charge on any atom is -0.496 e. The second-order valence-electron chi connectivity index (χ2n) is 4.08. The van der Waals surface area contributed by atoms with Crippen LogP contribution in [0.4, 0.5) is 0 Å². The van der Waals surface area contributed by atoms with E-state index in [1.807, 2.05) is 18.2 Å². The molecule has 0 spiro atoms. The molecule has 0 bridgehead atoms. The molecule has 82 valence electrons. The Morgan fingerprint density at radius 2 is 2.13 bits per heavy atom. The lowest BCUT2D eigenvalue weighted by molar-refractivity contribution is 0.228. The van der Waals surface area contributed by atoms with Crippen molar-refractivity contribution in [2.24, 2.45) is 11.8 Å². The number of hydrogen-bond donors (Lipinski definition) is 2. The van der Waals surface area contributed by atoms with E-state index >= 15 is 0 Å². The molecule has 1 atom stereocenters. The maximum Gasteiger partial charge on any atom is 0.123 e. The van der Waals surface area contributed by atoms with Crippen molar-refractivity contribution in [2.45, 2.75) is 25.3 Å². The van der Waals surface area contributed by atoms with Crippen molar-refractivity contribution in [1.82, 2.24) is 5.43 Å². The van der Waals surface area contributed by atoms with Crippen LogP contribution in [0.5, 0.6) is 5.75 Å². The third-order valence-corrected chi connectivity index (χ3v) is 3.27. The third kappa shape index (κ3) is 1.98. The van der Waals surface area contributed by atoms with E-state index in [0.29, 0.717) is 5.92 Å². The molecule has 0 aromatic heterocycles. The summed E-state index contributed by atoms with van der Waals surface area (Å²) in [5, 5.41) is 0. The van der Waals surface area contributed by atoms with Gasteiger partial charge in [-0.25, -0.2) is 0 Å². The fourth-order valence-corrected chi connectivity index (χ4v) is 2.18. The minimum atomic E-state index is 0.231. The van der Waals surface area contributed by atoms with Crippen LogP contribution in [0.15, 0.2) is 24.3 Å². The number of benzene rings is 1. The summed E-state index contributed by atoms with van der Waals surface area (Å²) in [6.07, 6.45) is 3.83. The van der Waals surface area contributed by atoms with Crippen LogP contribution in [0, 0.1) is 5.92 Å². The van der Waals surface area contributed by atoms with Gasteiger partial charge in [-0.2, -0.15) is 0 Å². The largest absolute Gasteiger partial charge is 0.496 e. The van der Waals surface area contributed by atoms with Crippen LogP contribution in [-0.2, 0) is 0 Å². The molecule has 1 fully saturated rings. The Morgan fingerprint density at radius 3 is 2.67 bits per heavy atom. The van der Waals surface area contributed by atoms with Crippen LogP contribution >= 0.6 is 0 Å². The summed E-state index contributed by atoms with van der Waals surface area (Å²) in [4.78, 5) is 0. The van der Waals surface area contributed by atoms with Gasteiger partial charge in [0.2, 0.25) is 0 Å². The second-order valence-corrected chi connectivity index (χ2v) is 4.08. The van der Waals surface area contributed by atoms with Crippen molar-refractivity contribution < 1.29 is 4.74 Å². The predicted octanol–water partition coefficient (Wildman–Crippen LogP) is 2.00. The van der Waals surface area contributed by atoms with E-state index in [-0.39, 0.29) is 6.04 Å². The summed E-state index contributed by atoms with van der Waals surface area (Å²) >= 11 is 0. The highest BCUT2D eigenvalue weighted by molar-refractivity contribution is 5.36. The molecule has 1 aliphatic carbocycles. The van der Waals surface area contributed by atoms with Gasteiger partial charge in [-0.05, 0) is 24.8 Å². The zero-order chi connectivity index (χ0) is 10.7. The zero-order valence-corrected chi connectivity index (χ0v) is 9.07. The fourth-order valence-electron chi connectivity index (χ4n) is 2.18. The number of hydrogen-bond acceptors (Lipinski definition) is 3. The Labute approximate surface area is 90.6 Å². The highest BCUT2D eigenvalue weighted by Crippen LogP contribution is 2.39. The number of ether oxygens (including phenoxy) is 1. The first-order valence-electron chi connectivity index (χ1n) is 5.46. The summed E-state index contributed by atoms with van der Waals surface area (Å²) in [6.45, 7) is 0. The predicted molar refractivity (Wildman–Crippen MR) is 60.4 cm³/mol. The molecule has 1 unspecified atom stereocenters. The van der Waals surface area contributed by atoms with E-state index in [1.54, 1.807) is 7.11 Å². The Kier molecular flexibility index (Phi) is 3.23. The normalized spacial score (nSPS) is 18.3. The molecule has 0 aliphatic heterocycles. The van der Waals surface area contributed by atoms with Crippen molar-refractivity contribution in [3.63, 3.8) is 0 Å². The van der Waals surface area contributed by atoms with E-state index in [1.165, 1.54) is 24.8 Å². The average Bonchev–Trinajstić information content (AvgIpc) is 2.23. The molecule has 1 aromatic rings. The Balaban J connectivity index is 2.24. The van der Waals surface area contributed by atoms with Crippen LogP contribution in [-0.4, -0.2) is 7.11 Å². The number of rotatable bonds is 4. The van der Waals surface area contributed by atoms with Gasteiger partial charge in [-0.3, -0.25) is 11.3 Å².